The molecule has 0 bridgehead atoms. The summed E-state index contributed by atoms with van der Waals surface area (Å²) in [6, 6.07) is 20.2. The SMILES string of the molecule is COc1ccccc1-c1cc2cnc3cc(C)nn3c2nc1-c1ccc([C@]2(N)C[C@](C)(O)C2)cc1. The van der Waals surface area contributed by atoms with Crippen molar-refractivity contribution in [3.63, 3.8) is 0 Å². The number of rotatable bonds is 4. The van der Waals surface area contributed by atoms with Crippen molar-refractivity contribution < 1.29 is 9.84 Å². The normalized spacial score (nSPS) is 21.9. The zero-order valence-corrected chi connectivity index (χ0v) is 20.0. The summed E-state index contributed by atoms with van der Waals surface area (Å²) in [5.41, 5.74) is 12.4. The number of nitrogens with two attached hydrogens (primary N) is 1. The Morgan fingerprint density at radius 2 is 1.77 bits per heavy atom. The molecule has 3 heterocycles. The van der Waals surface area contributed by atoms with Crippen molar-refractivity contribution in [2.24, 2.45) is 5.73 Å². The number of para-hydroxylation sites is 1. The van der Waals surface area contributed by atoms with E-state index >= 15 is 0 Å². The Balaban J connectivity index is 1.56. The molecule has 7 nitrogen and oxygen atoms in total. The molecule has 0 aliphatic heterocycles. The summed E-state index contributed by atoms with van der Waals surface area (Å²) in [4.78, 5) is 9.69. The zero-order valence-electron chi connectivity index (χ0n) is 20.0. The van der Waals surface area contributed by atoms with E-state index in [2.05, 4.69) is 28.3 Å². The number of methoxy groups -OCH3 is 1. The molecule has 0 radical (unpaired) electrons. The van der Waals surface area contributed by atoms with Gasteiger partial charge in [0.1, 0.15) is 5.75 Å². The molecule has 2 aromatic carbocycles. The first kappa shape index (κ1) is 21.7. The standard InChI is InChI=1S/C28H27N5O2/c1-17-12-24-30-14-19-13-22(21-6-4-5-7-23(21)35-3)25(31-26(19)33(24)32-17)18-8-10-20(11-9-18)28(29)15-27(2,34)16-28/h4-14,34H,15-16,29H2,1-3H3/t27-,28-. The first-order valence-electron chi connectivity index (χ1n) is 11.7. The molecule has 5 aromatic rings. The van der Waals surface area contributed by atoms with Gasteiger partial charge in [0.05, 0.1) is 24.1 Å². The molecule has 0 spiro atoms. The number of fused-ring (bicyclic) bond motifs is 3. The topological polar surface area (TPSA) is 98.6 Å². The molecule has 1 aliphatic rings. The Morgan fingerprint density at radius 1 is 1.03 bits per heavy atom. The number of aromatic nitrogens is 4. The lowest BCUT2D eigenvalue weighted by molar-refractivity contribution is -0.0738. The predicted molar refractivity (Wildman–Crippen MR) is 136 cm³/mol. The lowest BCUT2D eigenvalue weighted by atomic mass is 9.63. The maximum Gasteiger partial charge on any atom is 0.165 e. The van der Waals surface area contributed by atoms with Gasteiger partial charge in [-0.25, -0.2) is 9.97 Å². The maximum absolute atomic E-state index is 10.2. The number of pyridine rings is 1. The summed E-state index contributed by atoms with van der Waals surface area (Å²) >= 11 is 0. The Hall–Kier alpha value is -3.81. The molecule has 1 aliphatic carbocycles. The Labute approximate surface area is 203 Å². The second-order valence-electron chi connectivity index (χ2n) is 9.90. The van der Waals surface area contributed by atoms with Crippen LogP contribution in [0.5, 0.6) is 5.75 Å². The van der Waals surface area contributed by atoms with Crippen molar-refractivity contribution in [1.82, 2.24) is 19.6 Å². The molecule has 7 heteroatoms. The number of benzene rings is 2. The molecule has 0 amide bonds. The Kier molecular flexibility index (Phi) is 4.71. The van der Waals surface area contributed by atoms with Crippen LogP contribution in [0.3, 0.4) is 0 Å². The molecule has 1 fully saturated rings. The van der Waals surface area contributed by atoms with Crippen molar-refractivity contribution >= 4 is 16.7 Å². The monoisotopic (exact) mass is 465 g/mol. The van der Waals surface area contributed by atoms with E-state index in [-0.39, 0.29) is 0 Å². The van der Waals surface area contributed by atoms with Crippen molar-refractivity contribution in [2.45, 2.75) is 37.8 Å². The van der Waals surface area contributed by atoms with Crippen LogP contribution in [0.1, 0.15) is 31.0 Å². The minimum Gasteiger partial charge on any atom is -0.496 e. The summed E-state index contributed by atoms with van der Waals surface area (Å²) in [6.45, 7) is 3.78. The van der Waals surface area contributed by atoms with Gasteiger partial charge in [0.2, 0.25) is 0 Å². The fourth-order valence-corrected chi connectivity index (χ4v) is 5.42. The van der Waals surface area contributed by atoms with E-state index in [1.165, 1.54) is 0 Å². The molecule has 35 heavy (non-hydrogen) atoms. The van der Waals surface area contributed by atoms with Gasteiger partial charge < -0.3 is 15.6 Å². The van der Waals surface area contributed by atoms with Crippen LogP contribution < -0.4 is 10.5 Å². The maximum atomic E-state index is 10.2. The fourth-order valence-electron chi connectivity index (χ4n) is 5.42. The number of nitrogens with zero attached hydrogens (tertiary/aromatic N) is 4. The van der Waals surface area contributed by atoms with Gasteiger partial charge in [-0.3, -0.25) is 0 Å². The second-order valence-corrected chi connectivity index (χ2v) is 9.90. The predicted octanol–water partition coefficient (Wildman–Crippen LogP) is 4.63. The van der Waals surface area contributed by atoms with Crippen LogP contribution in [-0.2, 0) is 5.54 Å². The van der Waals surface area contributed by atoms with Gasteiger partial charge in [-0.1, -0.05) is 42.5 Å². The van der Waals surface area contributed by atoms with Gasteiger partial charge in [-0.2, -0.15) is 9.61 Å². The average Bonchev–Trinajstić information content (AvgIpc) is 3.22. The summed E-state index contributed by atoms with van der Waals surface area (Å²) in [7, 11) is 1.67. The highest BCUT2D eigenvalue weighted by atomic mass is 16.5. The molecule has 6 rings (SSSR count). The van der Waals surface area contributed by atoms with E-state index < -0.39 is 11.1 Å². The van der Waals surface area contributed by atoms with Crippen LogP contribution >= 0.6 is 0 Å². The van der Waals surface area contributed by atoms with E-state index in [0.717, 1.165) is 56.1 Å². The molecule has 3 N–H and O–H groups in total. The number of hydrogen-bond donors (Lipinski definition) is 2. The van der Waals surface area contributed by atoms with Gasteiger partial charge in [-0.15, -0.1) is 0 Å². The smallest absolute Gasteiger partial charge is 0.165 e. The van der Waals surface area contributed by atoms with Gasteiger partial charge >= 0.3 is 0 Å². The molecule has 0 unspecified atom stereocenters. The zero-order chi connectivity index (χ0) is 24.4. The Morgan fingerprint density at radius 3 is 2.49 bits per heavy atom. The summed E-state index contributed by atoms with van der Waals surface area (Å²) in [6.07, 6.45) is 2.93. The van der Waals surface area contributed by atoms with Crippen LogP contribution in [0, 0.1) is 6.92 Å². The molecular formula is C28H27N5O2. The first-order valence-corrected chi connectivity index (χ1v) is 11.7. The average molecular weight is 466 g/mol. The minimum atomic E-state index is -0.703. The van der Waals surface area contributed by atoms with E-state index in [1.807, 2.05) is 62.5 Å². The fraction of sp³-hybridized carbons (Fsp3) is 0.250. The summed E-state index contributed by atoms with van der Waals surface area (Å²) < 4.78 is 7.47. The van der Waals surface area contributed by atoms with Gasteiger partial charge in [0.25, 0.3) is 0 Å². The molecule has 3 aromatic heterocycles. The number of aliphatic hydroxyl groups is 1. The lowest BCUT2D eigenvalue weighted by Crippen LogP contribution is -2.58. The summed E-state index contributed by atoms with van der Waals surface area (Å²) in [5.74, 6) is 0.771. The van der Waals surface area contributed by atoms with E-state index in [0.29, 0.717) is 12.8 Å². The van der Waals surface area contributed by atoms with Gasteiger partial charge in [0.15, 0.2) is 11.3 Å². The first-order chi connectivity index (χ1) is 16.8. The largest absolute Gasteiger partial charge is 0.496 e. The summed E-state index contributed by atoms with van der Waals surface area (Å²) in [5, 5.41) is 15.7. The van der Waals surface area contributed by atoms with Crippen molar-refractivity contribution in [2.75, 3.05) is 7.11 Å². The van der Waals surface area contributed by atoms with Crippen LogP contribution in [0.4, 0.5) is 0 Å². The van der Waals surface area contributed by atoms with E-state index in [9.17, 15) is 5.11 Å². The quantitative estimate of drug-likeness (QED) is 0.402. The number of aryl methyl sites for hydroxylation is 1. The third-order valence-electron chi connectivity index (χ3n) is 6.90. The molecule has 0 saturated heterocycles. The molecule has 1 saturated carbocycles. The minimum absolute atomic E-state index is 0.505. The molecule has 0 atom stereocenters. The van der Waals surface area contributed by atoms with E-state index in [1.54, 1.807) is 11.6 Å². The highest BCUT2D eigenvalue weighted by Gasteiger charge is 2.49. The lowest BCUT2D eigenvalue weighted by Gasteiger charge is -2.49. The van der Waals surface area contributed by atoms with Crippen molar-refractivity contribution in [1.29, 1.82) is 0 Å². The van der Waals surface area contributed by atoms with Gasteiger partial charge in [0, 0.05) is 39.9 Å². The Bertz CT molecular complexity index is 1580. The van der Waals surface area contributed by atoms with Crippen LogP contribution in [-0.4, -0.2) is 37.4 Å². The van der Waals surface area contributed by atoms with Crippen LogP contribution in [0.2, 0.25) is 0 Å². The second kappa shape index (κ2) is 7.60. The van der Waals surface area contributed by atoms with Gasteiger partial charge in [-0.05, 0) is 44.4 Å². The van der Waals surface area contributed by atoms with Crippen molar-refractivity contribution in [3.05, 3.63) is 78.1 Å². The third kappa shape index (κ3) is 3.55. The number of hydrogen-bond acceptors (Lipinski definition) is 6. The highest BCUT2D eigenvalue weighted by molar-refractivity contribution is 5.92. The van der Waals surface area contributed by atoms with Crippen molar-refractivity contribution in [3.8, 4) is 28.1 Å². The molecule has 176 valence electrons. The van der Waals surface area contributed by atoms with E-state index in [4.69, 9.17) is 15.5 Å². The van der Waals surface area contributed by atoms with Crippen LogP contribution in [0.15, 0.2) is 66.9 Å². The third-order valence-corrected chi connectivity index (χ3v) is 6.90. The highest BCUT2D eigenvalue weighted by Crippen LogP contribution is 2.46. The van der Waals surface area contributed by atoms with Crippen LogP contribution in [0.25, 0.3) is 39.1 Å². The molecular weight excluding hydrogens is 438 g/mol. The number of ether oxygens (including phenoxy) is 1.